The average Bonchev–Trinajstić information content (AvgIpc) is 2.54. The molecule has 5 nitrogen and oxygen atoms in total. The lowest BCUT2D eigenvalue weighted by Gasteiger charge is -2.36. The van der Waals surface area contributed by atoms with E-state index in [0.717, 1.165) is 18.7 Å². The Morgan fingerprint density at radius 2 is 1.91 bits per heavy atom. The van der Waals surface area contributed by atoms with Crippen LogP contribution in [0.25, 0.3) is 0 Å². The molecule has 119 valence electrons. The summed E-state index contributed by atoms with van der Waals surface area (Å²) in [6.07, 6.45) is 2.04. The van der Waals surface area contributed by atoms with E-state index >= 15 is 0 Å². The van der Waals surface area contributed by atoms with Crippen LogP contribution >= 0.6 is 11.6 Å². The van der Waals surface area contributed by atoms with Crippen molar-refractivity contribution in [1.29, 1.82) is 0 Å². The summed E-state index contributed by atoms with van der Waals surface area (Å²) in [5, 5.41) is 0.660. The minimum Gasteiger partial charge on any atom is -0.445 e. The number of nitrogens with zero attached hydrogens (tertiary/aromatic N) is 2. The number of amides is 1. The van der Waals surface area contributed by atoms with Gasteiger partial charge in [0, 0.05) is 43.7 Å². The molecule has 1 aliphatic heterocycles. The van der Waals surface area contributed by atoms with Gasteiger partial charge in [0.05, 0.1) is 0 Å². The maximum atomic E-state index is 12.0. The van der Waals surface area contributed by atoms with Gasteiger partial charge in [-0.25, -0.2) is 4.79 Å². The number of hydrogen-bond donors (Lipinski definition) is 0. The van der Waals surface area contributed by atoms with Gasteiger partial charge in [-0.15, -0.1) is 0 Å². The third-order valence-corrected chi connectivity index (χ3v) is 4.10. The molecule has 1 aromatic rings. The smallest absolute Gasteiger partial charge is 0.410 e. The Labute approximate surface area is 135 Å². The van der Waals surface area contributed by atoms with E-state index in [1.807, 2.05) is 25.3 Å². The van der Waals surface area contributed by atoms with Crippen LogP contribution in [0.5, 0.6) is 0 Å². The van der Waals surface area contributed by atoms with Crippen molar-refractivity contribution in [2.75, 3.05) is 26.2 Å². The molecule has 1 unspecified atom stereocenters. The molecule has 1 aliphatic rings. The van der Waals surface area contributed by atoms with Crippen LogP contribution in [-0.4, -0.2) is 54.4 Å². The fourth-order valence-corrected chi connectivity index (χ4v) is 2.54. The molecule has 1 heterocycles. The predicted octanol–water partition coefficient (Wildman–Crippen LogP) is 2.48. The Morgan fingerprint density at radius 1 is 1.27 bits per heavy atom. The van der Waals surface area contributed by atoms with Crippen LogP contribution in [0.3, 0.4) is 0 Å². The summed E-state index contributed by atoms with van der Waals surface area (Å²) in [6.45, 7) is 4.97. The second-order valence-corrected chi connectivity index (χ2v) is 5.84. The molecule has 2 rings (SSSR count). The maximum absolute atomic E-state index is 12.0. The lowest BCUT2D eigenvalue weighted by atomic mass is 10.2. The van der Waals surface area contributed by atoms with Crippen molar-refractivity contribution in [1.82, 2.24) is 9.80 Å². The second-order valence-electron chi connectivity index (χ2n) is 5.40. The Bertz CT molecular complexity index is 499. The van der Waals surface area contributed by atoms with E-state index in [1.54, 1.807) is 17.0 Å². The average molecular weight is 324 g/mol. The zero-order chi connectivity index (χ0) is 15.9. The fourth-order valence-electron chi connectivity index (χ4n) is 2.41. The zero-order valence-electron chi connectivity index (χ0n) is 12.6. The number of halogens is 1. The standard InChI is InChI=1S/C16H20ClN2O3/c1-13(6-11-20)18-7-9-19(10-8-18)16(21)22-12-14-2-4-15(17)5-3-14/h2-5,13H,6-10,12H2,1H3. The van der Waals surface area contributed by atoms with Crippen molar-refractivity contribution in [3.63, 3.8) is 0 Å². The Hall–Kier alpha value is -1.59. The highest BCUT2D eigenvalue weighted by atomic mass is 35.5. The van der Waals surface area contributed by atoms with Crippen molar-refractivity contribution in [2.24, 2.45) is 0 Å². The Balaban J connectivity index is 1.75. The minimum absolute atomic E-state index is 0.171. The van der Waals surface area contributed by atoms with Crippen LogP contribution in [0.15, 0.2) is 24.3 Å². The van der Waals surface area contributed by atoms with Crippen LogP contribution < -0.4 is 0 Å². The lowest BCUT2D eigenvalue weighted by Crippen LogP contribution is -2.51. The van der Waals surface area contributed by atoms with Gasteiger partial charge < -0.3 is 9.64 Å². The maximum Gasteiger partial charge on any atom is 0.410 e. The highest BCUT2D eigenvalue weighted by Gasteiger charge is 2.24. The Morgan fingerprint density at radius 3 is 2.50 bits per heavy atom. The molecule has 1 amide bonds. The van der Waals surface area contributed by atoms with Gasteiger partial charge in [-0.2, -0.15) is 0 Å². The van der Waals surface area contributed by atoms with E-state index in [1.165, 1.54) is 0 Å². The number of carbonyl (C=O) groups is 1. The topological polar surface area (TPSA) is 49.9 Å². The third kappa shape index (κ3) is 4.71. The van der Waals surface area contributed by atoms with E-state index in [4.69, 9.17) is 16.3 Å². The molecular formula is C16H20ClN2O3. The van der Waals surface area contributed by atoms with Crippen LogP contribution in [0.4, 0.5) is 4.79 Å². The van der Waals surface area contributed by atoms with Gasteiger partial charge in [0.1, 0.15) is 6.61 Å². The Kier molecular flexibility index (Phi) is 6.21. The minimum atomic E-state index is -0.302. The number of ether oxygens (including phenoxy) is 1. The summed E-state index contributed by atoms with van der Waals surface area (Å²) in [5.41, 5.74) is 0.909. The summed E-state index contributed by atoms with van der Waals surface area (Å²) in [4.78, 5) is 26.4. The highest BCUT2D eigenvalue weighted by molar-refractivity contribution is 6.30. The molecule has 1 radical (unpaired) electrons. The van der Waals surface area contributed by atoms with Crippen LogP contribution in [0.2, 0.25) is 5.02 Å². The largest absolute Gasteiger partial charge is 0.445 e. The monoisotopic (exact) mass is 323 g/mol. The highest BCUT2D eigenvalue weighted by Crippen LogP contribution is 2.12. The van der Waals surface area contributed by atoms with E-state index in [0.29, 0.717) is 24.5 Å². The summed E-state index contributed by atoms with van der Waals surface area (Å²) >= 11 is 5.81. The quantitative estimate of drug-likeness (QED) is 0.835. The van der Waals surface area contributed by atoms with Gasteiger partial charge in [0.2, 0.25) is 0 Å². The molecule has 1 aromatic carbocycles. The number of hydrogen-bond acceptors (Lipinski definition) is 4. The van der Waals surface area contributed by atoms with Crippen molar-refractivity contribution < 1.29 is 14.3 Å². The van der Waals surface area contributed by atoms with Crippen molar-refractivity contribution in [3.8, 4) is 0 Å². The van der Waals surface area contributed by atoms with Gasteiger partial charge in [0.25, 0.3) is 0 Å². The van der Waals surface area contributed by atoms with Crippen molar-refractivity contribution in [2.45, 2.75) is 26.0 Å². The summed E-state index contributed by atoms with van der Waals surface area (Å²) in [6, 6.07) is 7.39. The molecule has 22 heavy (non-hydrogen) atoms. The number of rotatable bonds is 5. The first-order chi connectivity index (χ1) is 10.6. The molecule has 0 saturated carbocycles. The van der Waals surface area contributed by atoms with Gasteiger partial charge in [0.15, 0.2) is 6.29 Å². The molecule has 1 saturated heterocycles. The van der Waals surface area contributed by atoms with Crippen LogP contribution in [-0.2, 0) is 16.1 Å². The SMILES string of the molecule is CC(C[C]=O)N1CCN(C(=O)OCc2ccc(Cl)cc2)CC1. The number of carbonyl (C=O) groups excluding carboxylic acids is 2. The molecular weight excluding hydrogens is 304 g/mol. The molecule has 0 aliphatic carbocycles. The second kappa shape index (κ2) is 8.15. The first kappa shape index (κ1) is 16.8. The number of benzene rings is 1. The van der Waals surface area contributed by atoms with E-state index < -0.39 is 0 Å². The zero-order valence-corrected chi connectivity index (χ0v) is 13.4. The van der Waals surface area contributed by atoms with Crippen LogP contribution in [0, 0.1) is 0 Å². The van der Waals surface area contributed by atoms with E-state index in [9.17, 15) is 9.59 Å². The van der Waals surface area contributed by atoms with E-state index in [2.05, 4.69) is 4.90 Å². The normalized spacial score (nSPS) is 17.1. The van der Waals surface area contributed by atoms with Gasteiger partial charge in [-0.3, -0.25) is 9.69 Å². The molecule has 0 aromatic heterocycles. The first-order valence-electron chi connectivity index (χ1n) is 7.35. The lowest BCUT2D eigenvalue weighted by molar-refractivity contribution is 0.0628. The predicted molar refractivity (Wildman–Crippen MR) is 84.6 cm³/mol. The molecule has 0 bridgehead atoms. The first-order valence-corrected chi connectivity index (χ1v) is 7.73. The third-order valence-electron chi connectivity index (χ3n) is 3.85. The molecule has 1 atom stereocenters. The molecule has 0 spiro atoms. The van der Waals surface area contributed by atoms with Crippen molar-refractivity contribution >= 4 is 24.0 Å². The van der Waals surface area contributed by atoms with Gasteiger partial charge >= 0.3 is 6.09 Å². The summed E-state index contributed by atoms with van der Waals surface area (Å²) in [5.74, 6) is 0. The van der Waals surface area contributed by atoms with Gasteiger partial charge in [-0.1, -0.05) is 23.7 Å². The van der Waals surface area contributed by atoms with Crippen molar-refractivity contribution in [3.05, 3.63) is 34.9 Å². The molecule has 0 N–H and O–H groups in total. The van der Waals surface area contributed by atoms with Crippen LogP contribution in [0.1, 0.15) is 18.9 Å². The van der Waals surface area contributed by atoms with E-state index in [-0.39, 0.29) is 18.7 Å². The molecule has 1 fully saturated rings. The summed E-state index contributed by atoms with van der Waals surface area (Å²) in [7, 11) is 0. The summed E-state index contributed by atoms with van der Waals surface area (Å²) < 4.78 is 5.31. The molecule has 6 heteroatoms. The van der Waals surface area contributed by atoms with Gasteiger partial charge in [-0.05, 0) is 24.6 Å². The fraction of sp³-hybridized carbons (Fsp3) is 0.500. The number of piperazine rings is 1.